The zero-order valence-corrected chi connectivity index (χ0v) is 13.0. The van der Waals surface area contributed by atoms with E-state index in [1.165, 1.54) is 11.8 Å². The van der Waals surface area contributed by atoms with Crippen LogP contribution in [0.1, 0.15) is 12.5 Å². The van der Waals surface area contributed by atoms with Crippen molar-refractivity contribution in [2.45, 2.75) is 18.5 Å². The van der Waals surface area contributed by atoms with Gasteiger partial charge in [-0.2, -0.15) is 4.98 Å². The highest BCUT2D eigenvalue weighted by Crippen LogP contribution is 2.24. The lowest BCUT2D eigenvalue weighted by atomic mass is 10.1. The molecule has 2 N–H and O–H groups in total. The number of aromatic nitrogens is 2. The average molecular weight is 305 g/mol. The number of nitrogens with one attached hydrogen (secondary N) is 1. The van der Waals surface area contributed by atoms with E-state index in [2.05, 4.69) is 15.3 Å². The molecule has 1 aromatic heterocycles. The van der Waals surface area contributed by atoms with Crippen LogP contribution in [0, 0.1) is 0 Å². The monoisotopic (exact) mass is 305 g/mol. The molecule has 2 rings (SSSR count). The molecule has 21 heavy (non-hydrogen) atoms. The summed E-state index contributed by atoms with van der Waals surface area (Å²) in [6.45, 7) is 2.96. The molecular weight excluding hydrogens is 286 g/mol. The first-order valence-corrected chi connectivity index (χ1v) is 8.02. The van der Waals surface area contributed by atoms with Gasteiger partial charge in [-0.1, -0.05) is 23.9 Å². The smallest absolute Gasteiger partial charge is 0.225 e. The number of rotatable bonds is 7. The van der Waals surface area contributed by atoms with Crippen molar-refractivity contribution in [2.75, 3.05) is 24.7 Å². The molecule has 0 saturated heterocycles. The SMILES string of the molecule is CCNc1cc(Oc2ccc(CCO)cc2)nc(SC)n1. The lowest BCUT2D eigenvalue weighted by Gasteiger charge is -2.09. The van der Waals surface area contributed by atoms with Gasteiger partial charge in [0.2, 0.25) is 5.88 Å². The Bertz CT molecular complexity index is 576. The zero-order valence-electron chi connectivity index (χ0n) is 12.2. The second kappa shape index (κ2) is 7.85. The van der Waals surface area contributed by atoms with E-state index >= 15 is 0 Å². The minimum Gasteiger partial charge on any atom is -0.439 e. The van der Waals surface area contributed by atoms with E-state index in [-0.39, 0.29) is 6.61 Å². The summed E-state index contributed by atoms with van der Waals surface area (Å²) in [6.07, 6.45) is 2.58. The maximum atomic E-state index is 8.91. The lowest BCUT2D eigenvalue weighted by molar-refractivity contribution is 0.299. The Hall–Kier alpha value is -1.79. The molecule has 2 aromatic rings. The molecule has 0 aliphatic carbocycles. The van der Waals surface area contributed by atoms with Gasteiger partial charge in [0.25, 0.3) is 0 Å². The molecule has 0 saturated carbocycles. The van der Waals surface area contributed by atoms with Crippen LogP contribution < -0.4 is 10.1 Å². The van der Waals surface area contributed by atoms with Crippen molar-refractivity contribution < 1.29 is 9.84 Å². The highest BCUT2D eigenvalue weighted by atomic mass is 32.2. The predicted molar refractivity (Wildman–Crippen MR) is 85.3 cm³/mol. The first-order chi connectivity index (χ1) is 10.2. The summed E-state index contributed by atoms with van der Waals surface area (Å²) in [5.41, 5.74) is 1.07. The van der Waals surface area contributed by atoms with E-state index in [0.717, 1.165) is 17.9 Å². The number of benzene rings is 1. The number of hydrogen-bond donors (Lipinski definition) is 2. The van der Waals surface area contributed by atoms with Crippen LogP contribution in [0.5, 0.6) is 11.6 Å². The Morgan fingerprint density at radius 1 is 1.24 bits per heavy atom. The molecular formula is C15H19N3O2S. The van der Waals surface area contributed by atoms with Crippen LogP contribution in [0.4, 0.5) is 5.82 Å². The molecule has 0 aliphatic rings. The number of ether oxygens (including phenoxy) is 1. The summed E-state index contributed by atoms with van der Waals surface area (Å²) in [6, 6.07) is 9.41. The summed E-state index contributed by atoms with van der Waals surface area (Å²) in [7, 11) is 0. The van der Waals surface area contributed by atoms with E-state index in [4.69, 9.17) is 9.84 Å². The molecule has 112 valence electrons. The quantitative estimate of drug-likeness (QED) is 0.605. The average Bonchev–Trinajstić information content (AvgIpc) is 2.49. The standard InChI is InChI=1S/C15H19N3O2S/c1-3-16-13-10-14(18-15(17-13)21-2)20-12-6-4-11(5-7-12)8-9-19/h4-7,10,19H,3,8-9H2,1-2H3,(H,16,17,18). The maximum Gasteiger partial charge on any atom is 0.225 e. The number of aliphatic hydroxyl groups excluding tert-OH is 1. The molecule has 1 aromatic carbocycles. The molecule has 0 fully saturated rings. The molecule has 0 radical (unpaired) electrons. The van der Waals surface area contributed by atoms with Crippen molar-refractivity contribution in [1.29, 1.82) is 0 Å². The largest absolute Gasteiger partial charge is 0.439 e. The van der Waals surface area contributed by atoms with Gasteiger partial charge in [0.15, 0.2) is 5.16 Å². The van der Waals surface area contributed by atoms with Crippen LogP contribution in [0.3, 0.4) is 0 Å². The maximum absolute atomic E-state index is 8.91. The van der Waals surface area contributed by atoms with Crippen molar-refractivity contribution in [3.05, 3.63) is 35.9 Å². The topological polar surface area (TPSA) is 67.3 Å². The van der Waals surface area contributed by atoms with Gasteiger partial charge >= 0.3 is 0 Å². The number of hydrogen-bond acceptors (Lipinski definition) is 6. The van der Waals surface area contributed by atoms with Gasteiger partial charge in [0, 0.05) is 19.2 Å². The third-order valence-corrected chi connectivity index (χ3v) is 3.32. The van der Waals surface area contributed by atoms with Gasteiger partial charge in [0.1, 0.15) is 11.6 Å². The Balaban J connectivity index is 2.15. The van der Waals surface area contributed by atoms with Gasteiger partial charge in [-0.15, -0.1) is 0 Å². The second-order valence-electron chi connectivity index (χ2n) is 4.33. The fourth-order valence-electron chi connectivity index (χ4n) is 1.79. The third-order valence-electron chi connectivity index (χ3n) is 2.77. The van der Waals surface area contributed by atoms with Gasteiger partial charge in [-0.3, -0.25) is 0 Å². The van der Waals surface area contributed by atoms with Crippen molar-refractivity contribution in [1.82, 2.24) is 9.97 Å². The van der Waals surface area contributed by atoms with Gasteiger partial charge in [-0.25, -0.2) is 4.98 Å². The minimum absolute atomic E-state index is 0.148. The van der Waals surface area contributed by atoms with Gasteiger partial charge in [-0.05, 0) is 37.3 Å². The summed E-state index contributed by atoms with van der Waals surface area (Å²) in [5, 5.41) is 12.7. The molecule has 0 unspecified atom stereocenters. The lowest BCUT2D eigenvalue weighted by Crippen LogP contribution is -2.02. The number of aliphatic hydroxyl groups is 1. The third kappa shape index (κ3) is 4.61. The summed E-state index contributed by atoms with van der Waals surface area (Å²) in [4.78, 5) is 8.69. The van der Waals surface area contributed by atoms with E-state index in [1.54, 1.807) is 6.07 Å². The van der Waals surface area contributed by atoms with Crippen molar-refractivity contribution in [2.24, 2.45) is 0 Å². The Morgan fingerprint density at radius 2 is 2.00 bits per heavy atom. The molecule has 0 bridgehead atoms. The van der Waals surface area contributed by atoms with Crippen LogP contribution in [0.2, 0.25) is 0 Å². The van der Waals surface area contributed by atoms with Crippen LogP contribution in [-0.4, -0.2) is 34.5 Å². The summed E-state index contributed by atoms with van der Waals surface area (Å²) in [5.74, 6) is 1.98. The Kier molecular flexibility index (Phi) is 5.83. The number of anilines is 1. The van der Waals surface area contributed by atoms with Crippen LogP contribution in [-0.2, 0) is 6.42 Å². The normalized spacial score (nSPS) is 10.4. The van der Waals surface area contributed by atoms with E-state index < -0.39 is 0 Å². The number of thioether (sulfide) groups is 1. The molecule has 6 heteroatoms. The van der Waals surface area contributed by atoms with Crippen LogP contribution in [0.15, 0.2) is 35.5 Å². The summed E-state index contributed by atoms with van der Waals surface area (Å²) < 4.78 is 5.77. The molecule has 1 heterocycles. The van der Waals surface area contributed by atoms with Gasteiger partial charge < -0.3 is 15.2 Å². The highest BCUT2D eigenvalue weighted by Gasteiger charge is 2.06. The van der Waals surface area contributed by atoms with E-state index in [1.807, 2.05) is 37.4 Å². The molecule has 0 atom stereocenters. The molecule has 0 spiro atoms. The van der Waals surface area contributed by atoms with Crippen molar-refractivity contribution >= 4 is 17.6 Å². The molecule has 0 amide bonds. The van der Waals surface area contributed by atoms with Crippen LogP contribution >= 0.6 is 11.8 Å². The minimum atomic E-state index is 0.148. The first-order valence-electron chi connectivity index (χ1n) is 6.79. The summed E-state index contributed by atoms with van der Waals surface area (Å²) >= 11 is 1.47. The van der Waals surface area contributed by atoms with Crippen molar-refractivity contribution in [3.63, 3.8) is 0 Å². The molecule has 5 nitrogen and oxygen atoms in total. The number of nitrogens with zero attached hydrogens (tertiary/aromatic N) is 2. The van der Waals surface area contributed by atoms with Crippen LogP contribution in [0.25, 0.3) is 0 Å². The highest BCUT2D eigenvalue weighted by molar-refractivity contribution is 7.98. The molecule has 0 aliphatic heterocycles. The van der Waals surface area contributed by atoms with E-state index in [0.29, 0.717) is 23.2 Å². The Morgan fingerprint density at radius 3 is 2.62 bits per heavy atom. The van der Waals surface area contributed by atoms with Crippen molar-refractivity contribution in [3.8, 4) is 11.6 Å². The fourth-order valence-corrected chi connectivity index (χ4v) is 2.16. The first kappa shape index (κ1) is 15.6. The fraction of sp³-hybridized carbons (Fsp3) is 0.333. The Labute approximate surface area is 128 Å². The second-order valence-corrected chi connectivity index (χ2v) is 5.10. The van der Waals surface area contributed by atoms with Gasteiger partial charge in [0.05, 0.1) is 0 Å². The van der Waals surface area contributed by atoms with E-state index in [9.17, 15) is 0 Å². The zero-order chi connectivity index (χ0) is 15.1. The predicted octanol–water partition coefficient (Wildman–Crippen LogP) is 2.96.